The number of amides is 2. The Hall–Kier alpha value is -2.67. The molecule has 0 saturated carbocycles. The zero-order valence-corrected chi connectivity index (χ0v) is 14.9. The number of aromatic nitrogens is 2. The number of nitrogens with zero attached hydrogens (tertiary/aromatic N) is 3. The van der Waals surface area contributed by atoms with Crippen molar-refractivity contribution in [1.82, 2.24) is 25.1 Å². The third kappa shape index (κ3) is 3.22. The number of aryl methyl sites for hydroxylation is 1. The zero-order valence-electron chi connectivity index (χ0n) is 14.9. The first kappa shape index (κ1) is 16.8. The maximum absolute atomic E-state index is 12.7. The Morgan fingerprint density at radius 3 is 3.04 bits per heavy atom. The summed E-state index contributed by atoms with van der Waals surface area (Å²) in [6.07, 6.45) is 5.37. The molecule has 2 aromatic rings. The molecule has 2 aliphatic heterocycles. The summed E-state index contributed by atoms with van der Waals surface area (Å²) < 4.78 is 1.90. The molecule has 2 N–H and O–H groups in total. The average Bonchev–Trinajstić information content (AvgIpc) is 3.35. The fraction of sp³-hybridized carbons (Fsp3) is 0.421. The van der Waals surface area contributed by atoms with Gasteiger partial charge in [-0.25, -0.2) is 4.98 Å². The standard InChI is InChI=1S/C19H23N5O2/c1-23-10-14(21-12-23)6-8-24-11-17-15(3-2-4-16(17)19(24)26)18(25)22-13-5-7-20-9-13/h2-4,10,12-13,20H,5-9,11H2,1H3,(H,22,25)/t13-/m0/s1. The van der Waals surface area contributed by atoms with E-state index in [1.54, 1.807) is 17.3 Å². The Morgan fingerprint density at radius 1 is 1.42 bits per heavy atom. The van der Waals surface area contributed by atoms with Gasteiger partial charge >= 0.3 is 0 Å². The molecule has 2 amide bonds. The van der Waals surface area contributed by atoms with Gasteiger partial charge in [0, 0.05) is 56.5 Å². The van der Waals surface area contributed by atoms with Crippen molar-refractivity contribution in [2.45, 2.75) is 25.4 Å². The Kier molecular flexibility index (Phi) is 4.46. The van der Waals surface area contributed by atoms with E-state index in [1.165, 1.54) is 0 Å². The second-order valence-corrected chi connectivity index (χ2v) is 7.00. The van der Waals surface area contributed by atoms with Gasteiger partial charge in [0.15, 0.2) is 0 Å². The van der Waals surface area contributed by atoms with Crippen LogP contribution in [0.2, 0.25) is 0 Å². The van der Waals surface area contributed by atoms with Crippen molar-refractivity contribution < 1.29 is 9.59 Å². The fourth-order valence-corrected chi connectivity index (χ4v) is 3.67. The number of rotatable bonds is 5. The van der Waals surface area contributed by atoms with Crippen LogP contribution in [-0.2, 0) is 20.0 Å². The van der Waals surface area contributed by atoms with Crippen LogP contribution in [0.5, 0.6) is 0 Å². The molecule has 1 saturated heterocycles. The first-order valence-electron chi connectivity index (χ1n) is 9.01. The Labute approximate surface area is 152 Å². The minimum atomic E-state index is -0.0880. The van der Waals surface area contributed by atoms with Crippen LogP contribution in [0.25, 0.3) is 0 Å². The topological polar surface area (TPSA) is 79.3 Å². The molecule has 0 unspecified atom stereocenters. The van der Waals surface area contributed by atoms with Crippen LogP contribution in [0.15, 0.2) is 30.7 Å². The van der Waals surface area contributed by atoms with Gasteiger partial charge in [-0.05, 0) is 30.7 Å². The van der Waals surface area contributed by atoms with Crippen molar-refractivity contribution in [3.05, 3.63) is 53.1 Å². The molecule has 7 nitrogen and oxygen atoms in total. The fourth-order valence-electron chi connectivity index (χ4n) is 3.67. The van der Waals surface area contributed by atoms with Crippen molar-refractivity contribution in [1.29, 1.82) is 0 Å². The van der Waals surface area contributed by atoms with E-state index < -0.39 is 0 Å². The number of carbonyl (C=O) groups excluding carboxylic acids is 2. The van der Waals surface area contributed by atoms with Crippen LogP contribution >= 0.6 is 0 Å². The highest BCUT2D eigenvalue weighted by Gasteiger charge is 2.31. The largest absolute Gasteiger partial charge is 0.348 e. The van der Waals surface area contributed by atoms with Crippen molar-refractivity contribution >= 4 is 11.8 Å². The van der Waals surface area contributed by atoms with Gasteiger partial charge < -0.3 is 20.1 Å². The maximum Gasteiger partial charge on any atom is 0.254 e. The van der Waals surface area contributed by atoms with E-state index in [0.29, 0.717) is 30.6 Å². The molecule has 0 bridgehead atoms. The number of benzene rings is 1. The van der Waals surface area contributed by atoms with Gasteiger partial charge in [-0.3, -0.25) is 9.59 Å². The highest BCUT2D eigenvalue weighted by molar-refractivity contribution is 6.04. The van der Waals surface area contributed by atoms with Gasteiger partial charge in [0.2, 0.25) is 0 Å². The molecule has 0 radical (unpaired) electrons. The van der Waals surface area contributed by atoms with Gasteiger partial charge in [-0.1, -0.05) is 6.07 Å². The summed E-state index contributed by atoms with van der Waals surface area (Å²) in [7, 11) is 1.93. The predicted molar refractivity (Wildman–Crippen MR) is 96.8 cm³/mol. The molecular formula is C19H23N5O2. The van der Waals surface area contributed by atoms with Crippen LogP contribution in [0.1, 0.15) is 38.4 Å². The minimum Gasteiger partial charge on any atom is -0.348 e. The van der Waals surface area contributed by atoms with Crippen molar-refractivity contribution in [3.8, 4) is 0 Å². The van der Waals surface area contributed by atoms with Crippen LogP contribution in [0.3, 0.4) is 0 Å². The second-order valence-electron chi connectivity index (χ2n) is 7.00. The van der Waals surface area contributed by atoms with Crippen molar-refractivity contribution in [2.24, 2.45) is 7.05 Å². The third-order valence-corrected chi connectivity index (χ3v) is 5.08. The SMILES string of the molecule is Cn1cnc(CCN2Cc3c(C(=O)N[C@H]4CCNC4)cccc3C2=O)c1. The number of imidazole rings is 1. The lowest BCUT2D eigenvalue weighted by molar-refractivity contribution is 0.0778. The van der Waals surface area contributed by atoms with Crippen molar-refractivity contribution in [3.63, 3.8) is 0 Å². The summed E-state index contributed by atoms with van der Waals surface area (Å²) in [5.41, 5.74) is 3.05. The molecule has 0 spiro atoms. The Morgan fingerprint density at radius 2 is 2.31 bits per heavy atom. The molecule has 1 atom stereocenters. The van der Waals surface area contributed by atoms with E-state index >= 15 is 0 Å². The summed E-state index contributed by atoms with van der Waals surface area (Å²) in [6, 6.07) is 5.58. The van der Waals surface area contributed by atoms with Gasteiger partial charge in [-0.2, -0.15) is 0 Å². The van der Waals surface area contributed by atoms with Gasteiger partial charge in [0.25, 0.3) is 11.8 Å². The lowest BCUT2D eigenvalue weighted by atomic mass is 10.0. The van der Waals surface area contributed by atoms with Crippen LogP contribution in [0.4, 0.5) is 0 Å². The molecule has 0 aliphatic carbocycles. The number of hydrogen-bond donors (Lipinski definition) is 2. The lowest BCUT2D eigenvalue weighted by Gasteiger charge is -2.15. The van der Waals surface area contributed by atoms with E-state index in [1.807, 2.05) is 29.9 Å². The van der Waals surface area contributed by atoms with Gasteiger partial charge in [0.05, 0.1) is 12.0 Å². The van der Waals surface area contributed by atoms with Crippen LogP contribution in [0, 0.1) is 0 Å². The normalized spacial score (nSPS) is 19.0. The summed E-state index contributed by atoms with van der Waals surface area (Å²) in [5.74, 6) is -0.0944. The van der Waals surface area contributed by atoms with Crippen LogP contribution in [-0.4, -0.2) is 51.9 Å². The van der Waals surface area contributed by atoms with E-state index in [9.17, 15) is 9.59 Å². The molecule has 3 heterocycles. The zero-order chi connectivity index (χ0) is 18.1. The molecular weight excluding hydrogens is 330 g/mol. The first-order chi connectivity index (χ1) is 12.6. The molecule has 1 aromatic carbocycles. The molecule has 1 aromatic heterocycles. The van der Waals surface area contributed by atoms with E-state index in [4.69, 9.17) is 0 Å². The Balaban J connectivity index is 1.47. The average molecular weight is 353 g/mol. The third-order valence-electron chi connectivity index (χ3n) is 5.08. The quantitative estimate of drug-likeness (QED) is 0.830. The molecule has 4 rings (SSSR count). The number of hydrogen-bond acceptors (Lipinski definition) is 4. The summed E-state index contributed by atoms with van der Waals surface area (Å²) in [6.45, 7) is 2.80. The molecule has 2 aliphatic rings. The highest BCUT2D eigenvalue weighted by atomic mass is 16.2. The van der Waals surface area contributed by atoms with Gasteiger partial charge in [0.1, 0.15) is 0 Å². The predicted octanol–water partition coefficient (Wildman–Crippen LogP) is 0.710. The van der Waals surface area contributed by atoms with E-state index in [-0.39, 0.29) is 17.9 Å². The molecule has 136 valence electrons. The van der Waals surface area contributed by atoms with E-state index in [2.05, 4.69) is 15.6 Å². The highest BCUT2D eigenvalue weighted by Crippen LogP contribution is 2.26. The van der Waals surface area contributed by atoms with Gasteiger partial charge in [-0.15, -0.1) is 0 Å². The molecule has 1 fully saturated rings. The first-order valence-corrected chi connectivity index (χ1v) is 9.01. The van der Waals surface area contributed by atoms with Crippen LogP contribution < -0.4 is 10.6 Å². The number of fused-ring (bicyclic) bond motifs is 1. The lowest BCUT2D eigenvalue weighted by Crippen LogP contribution is -2.36. The monoisotopic (exact) mass is 353 g/mol. The Bertz CT molecular complexity index is 838. The number of carbonyl (C=O) groups is 2. The summed E-state index contributed by atoms with van der Waals surface area (Å²) in [4.78, 5) is 31.5. The summed E-state index contributed by atoms with van der Waals surface area (Å²) >= 11 is 0. The maximum atomic E-state index is 12.7. The minimum absolute atomic E-state index is 0.00638. The van der Waals surface area contributed by atoms with E-state index in [0.717, 1.165) is 30.8 Å². The number of nitrogens with one attached hydrogen (secondary N) is 2. The molecule has 7 heteroatoms. The second kappa shape index (κ2) is 6.92. The van der Waals surface area contributed by atoms with Crippen molar-refractivity contribution in [2.75, 3.05) is 19.6 Å². The summed E-state index contributed by atoms with van der Waals surface area (Å²) in [5, 5.41) is 6.32. The smallest absolute Gasteiger partial charge is 0.254 e. The molecule has 26 heavy (non-hydrogen) atoms.